The quantitative estimate of drug-likeness (QED) is 0.929. The highest BCUT2D eigenvalue weighted by atomic mass is 35.5. The van der Waals surface area contributed by atoms with E-state index in [0.29, 0.717) is 31.1 Å². The van der Waals surface area contributed by atoms with E-state index >= 15 is 0 Å². The molecule has 1 amide bonds. The second-order valence-corrected chi connectivity index (χ2v) is 5.11. The van der Waals surface area contributed by atoms with Crippen LogP contribution < -0.4 is 5.73 Å². The Morgan fingerprint density at radius 1 is 1.38 bits per heavy atom. The maximum Gasteiger partial charge on any atom is 0.416 e. The average molecular weight is 323 g/mol. The third-order valence-electron chi connectivity index (χ3n) is 3.58. The van der Waals surface area contributed by atoms with Crippen LogP contribution in [0.25, 0.3) is 0 Å². The molecule has 7 heteroatoms. The molecule has 1 fully saturated rings. The minimum Gasteiger partial charge on any atom is -0.342 e. The maximum atomic E-state index is 12.6. The summed E-state index contributed by atoms with van der Waals surface area (Å²) in [4.78, 5) is 13.7. The summed E-state index contributed by atoms with van der Waals surface area (Å²) >= 11 is 0. The van der Waals surface area contributed by atoms with Gasteiger partial charge < -0.3 is 10.6 Å². The van der Waals surface area contributed by atoms with Gasteiger partial charge in [0.2, 0.25) is 5.91 Å². The van der Waals surface area contributed by atoms with Crippen LogP contribution in [-0.2, 0) is 17.4 Å². The number of hydrogen-bond donors (Lipinski definition) is 1. The zero-order valence-electron chi connectivity index (χ0n) is 11.4. The lowest BCUT2D eigenvalue weighted by Crippen LogP contribution is -2.31. The number of nitrogens with zero attached hydrogens (tertiary/aromatic N) is 1. The molecule has 2 N–H and O–H groups in total. The Morgan fingerprint density at radius 2 is 2.10 bits per heavy atom. The molecule has 21 heavy (non-hydrogen) atoms. The number of hydrogen-bond acceptors (Lipinski definition) is 2. The van der Waals surface area contributed by atoms with E-state index in [2.05, 4.69) is 0 Å². The Balaban J connectivity index is 0.00000220. The van der Waals surface area contributed by atoms with E-state index in [4.69, 9.17) is 5.73 Å². The zero-order chi connectivity index (χ0) is 14.8. The monoisotopic (exact) mass is 322 g/mol. The first-order valence-electron chi connectivity index (χ1n) is 6.54. The van der Waals surface area contributed by atoms with Gasteiger partial charge in [0, 0.05) is 13.1 Å². The number of carbonyl (C=O) groups is 1. The lowest BCUT2D eigenvalue weighted by atomic mass is 10.1. The second kappa shape index (κ2) is 7.13. The third kappa shape index (κ3) is 4.61. The van der Waals surface area contributed by atoms with Crippen LogP contribution in [0.1, 0.15) is 17.5 Å². The van der Waals surface area contributed by atoms with E-state index in [-0.39, 0.29) is 24.7 Å². The molecular weight excluding hydrogens is 305 g/mol. The molecule has 0 saturated carbocycles. The van der Waals surface area contributed by atoms with E-state index in [0.717, 1.165) is 18.6 Å². The molecule has 0 spiro atoms. The molecule has 1 aromatic carbocycles. The van der Waals surface area contributed by atoms with E-state index in [9.17, 15) is 18.0 Å². The zero-order valence-corrected chi connectivity index (χ0v) is 12.2. The van der Waals surface area contributed by atoms with Crippen LogP contribution in [0.2, 0.25) is 0 Å². The molecule has 1 aliphatic rings. The van der Waals surface area contributed by atoms with Crippen LogP contribution in [0.3, 0.4) is 0 Å². The summed E-state index contributed by atoms with van der Waals surface area (Å²) < 4.78 is 37.8. The number of nitrogens with two attached hydrogens (primary N) is 1. The molecule has 0 radical (unpaired) electrons. The minimum absolute atomic E-state index is 0. The van der Waals surface area contributed by atoms with Gasteiger partial charge in [0.1, 0.15) is 0 Å². The van der Waals surface area contributed by atoms with Crippen molar-refractivity contribution in [3.05, 3.63) is 35.4 Å². The average Bonchev–Trinajstić information content (AvgIpc) is 2.87. The number of rotatable bonds is 3. The molecular formula is C14H18ClF3N2O. The van der Waals surface area contributed by atoms with Gasteiger partial charge in [-0.1, -0.05) is 18.2 Å². The number of alkyl halides is 3. The summed E-state index contributed by atoms with van der Waals surface area (Å²) in [7, 11) is 0. The summed E-state index contributed by atoms with van der Waals surface area (Å²) in [5.74, 6) is 0.167. The first-order valence-corrected chi connectivity index (χ1v) is 6.54. The van der Waals surface area contributed by atoms with Crippen molar-refractivity contribution in [1.29, 1.82) is 0 Å². The summed E-state index contributed by atoms with van der Waals surface area (Å²) in [6.45, 7) is 1.78. The predicted octanol–water partition coefficient (Wildman–Crippen LogP) is 2.48. The number of halogens is 4. The predicted molar refractivity (Wildman–Crippen MR) is 76.1 cm³/mol. The van der Waals surface area contributed by atoms with Crippen molar-refractivity contribution < 1.29 is 18.0 Å². The van der Waals surface area contributed by atoms with Gasteiger partial charge in [-0.15, -0.1) is 12.4 Å². The third-order valence-corrected chi connectivity index (χ3v) is 3.58. The Hall–Kier alpha value is -1.27. The lowest BCUT2D eigenvalue weighted by Gasteiger charge is -2.16. The lowest BCUT2D eigenvalue weighted by molar-refractivity contribution is -0.138. The molecule has 1 unspecified atom stereocenters. The van der Waals surface area contributed by atoms with Crippen molar-refractivity contribution >= 4 is 18.3 Å². The van der Waals surface area contributed by atoms with Gasteiger partial charge in [-0.25, -0.2) is 0 Å². The molecule has 3 nitrogen and oxygen atoms in total. The fourth-order valence-electron chi connectivity index (χ4n) is 2.40. The minimum atomic E-state index is -4.38. The van der Waals surface area contributed by atoms with Gasteiger partial charge in [-0.2, -0.15) is 13.2 Å². The van der Waals surface area contributed by atoms with Crippen molar-refractivity contribution in [2.24, 2.45) is 11.7 Å². The van der Waals surface area contributed by atoms with E-state index in [1.807, 2.05) is 0 Å². The molecule has 0 aromatic heterocycles. The van der Waals surface area contributed by atoms with Crippen molar-refractivity contribution in [3.8, 4) is 0 Å². The molecule has 0 aliphatic carbocycles. The van der Waals surface area contributed by atoms with Crippen LogP contribution in [-0.4, -0.2) is 30.4 Å². The van der Waals surface area contributed by atoms with Crippen LogP contribution in [0, 0.1) is 5.92 Å². The highest BCUT2D eigenvalue weighted by Crippen LogP contribution is 2.29. The first-order chi connectivity index (χ1) is 9.40. The largest absolute Gasteiger partial charge is 0.416 e. The SMILES string of the molecule is Cl.NCC1CCN(C(=O)Cc2cccc(C(F)(F)F)c2)C1. The van der Waals surface area contributed by atoms with Gasteiger partial charge in [0.15, 0.2) is 0 Å². The topological polar surface area (TPSA) is 46.3 Å². The number of benzene rings is 1. The van der Waals surface area contributed by atoms with Gasteiger partial charge in [-0.05, 0) is 30.5 Å². The van der Waals surface area contributed by atoms with Crippen molar-refractivity contribution in [2.45, 2.75) is 19.0 Å². The molecule has 1 saturated heterocycles. The van der Waals surface area contributed by atoms with Crippen molar-refractivity contribution in [3.63, 3.8) is 0 Å². The molecule has 1 aromatic rings. The van der Waals surface area contributed by atoms with Gasteiger partial charge >= 0.3 is 6.18 Å². The number of likely N-dealkylation sites (tertiary alicyclic amines) is 1. The molecule has 1 aliphatic heterocycles. The van der Waals surface area contributed by atoms with Gasteiger partial charge in [-0.3, -0.25) is 4.79 Å². The molecule has 0 bridgehead atoms. The van der Waals surface area contributed by atoms with Crippen LogP contribution in [0.4, 0.5) is 13.2 Å². The summed E-state index contributed by atoms with van der Waals surface area (Å²) in [6, 6.07) is 4.92. The molecule has 1 atom stereocenters. The first kappa shape index (κ1) is 17.8. The smallest absolute Gasteiger partial charge is 0.342 e. The molecule has 1 heterocycles. The highest BCUT2D eigenvalue weighted by Gasteiger charge is 2.31. The Labute approximate surface area is 127 Å². The number of carbonyl (C=O) groups excluding carboxylic acids is 1. The Morgan fingerprint density at radius 3 is 2.67 bits per heavy atom. The van der Waals surface area contributed by atoms with Gasteiger partial charge in [0.25, 0.3) is 0 Å². The van der Waals surface area contributed by atoms with Crippen LogP contribution in [0.15, 0.2) is 24.3 Å². The van der Waals surface area contributed by atoms with Crippen molar-refractivity contribution in [1.82, 2.24) is 4.90 Å². The maximum absolute atomic E-state index is 12.6. The standard InChI is InChI=1S/C14H17F3N2O.ClH/c15-14(16,17)12-3-1-2-10(6-12)7-13(20)19-5-4-11(8-18)9-19;/h1-3,6,11H,4-5,7-9,18H2;1H. The molecule has 2 rings (SSSR count). The Kier molecular flexibility index (Phi) is 6.04. The fraction of sp³-hybridized carbons (Fsp3) is 0.500. The highest BCUT2D eigenvalue weighted by molar-refractivity contribution is 5.85. The fourth-order valence-corrected chi connectivity index (χ4v) is 2.40. The Bertz CT molecular complexity index is 493. The van der Waals surface area contributed by atoms with Crippen LogP contribution >= 0.6 is 12.4 Å². The van der Waals surface area contributed by atoms with E-state index in [1.54, 1.807) is 11.0 Å². The van der Waals surface area contributed by atoms with E-state index in [1.165, 1.54) is 6.07 Å². The number of amides is 1. The normalized spacial score (nSPS) is 18.5. The van der Waals surface area contributed by atoms with Gasteiger partial charge in [0.05, 0.1) is 12.0 Å². The van der Waals surface area contributed by atoms with E-state index < -0.39 is 11.7 Å². The van der Waals surface area contributed by atoms with Crippen LogP contribution in [0.5, 0.6) is 0 Å². The molecule has 118 valence electrons. The second-order valence-electron chi connectivity index (χ2n) is 5.11. The summed E-state index contributed by atoms with van der Waals surface area (Å²) in [6.07, 6.45) is -3.51. The van der Waals surface area contributed by atoms with Crippen molar-refractivity contribution in [2.75, 3.05) is 19.6 Å². The summed E-state index contributed by atoms with van der Waals surface area (Å²) in [5, 5.41) is 0. The summed E-state index contributed by atoms with van der Waals surface area (Å²) in [5.41, 5.74) is 5.22.